The van der Waals surface area contributed by atoms with Crippen molar-refractivity contribution in [3.05, 3.63) is 83.2 Å². The molecule has 0 bridgehead atoms. The fraction of sp³-hybridized carbons (Fsp3) is 0.200. The maximum absolute atomic E-state index is 13.9. The number of hydrogen-bond donors (Lipinski definition) is 1. The van der Waals surface area contributed by atoms with Gasteiger partial charge >= 0.3 is 0 Å². The van der Waals surface area contributed by atoms with Crippen LogP contribution in [0.1, 0.15) is 32.1 Å². The van der Waals surface area contributed by atoms with Crippen molar-refractivity contribution in [2.45, 2.75) is 19.6 Å². The van der Waals surface area contributed by atoms with E-state index in [4.69, 9.17) is 0 Å². The molecule has 1 aliphatic heterocycles. The molecule has 0 aliphatic carbocycles. The highest BCUT2D eigenvalue weighted by atomic mass is 19.1. The van der Waals surface area contributed by atoms with E-state index in [0.29, 0.717) is 30.9 Å². The van der Waals surface area contributed by atoms with E-state index in [9.17, 15) is 14.0 Å². The SMILES string of the molecule is O=C(NCc1cccnc1)c1cc2n(n1)CCN(Cc1ccccc1F)C2=O. The Morgan fingerprint density at radius 3 is 2.82 bits per heavy atom. The molecule has 3 aromatic rings. The first-order valence-electron chi connectivity index (χ1n) is 8.89. The van der Waals surface area contributed by atoms with E-state index in [0.717, 1.165) is 5.56 Å². The minimum atomic E-state index is -0.362. The molecular formula is C20H18FN5O2. The van der Waals surface area contributed by atoms with Crippen LogP contribution in [0, 0.1) is 5.82 Å². The van der Waals surface area contributed by atoms with E-state index in [1.54, 1.807) is 41.6 Å². The summed E-state index contributed by atoms with van der Waals surface area (Å²) >= 11 is 0. The van der Waals surface area contributed by atoms with E-state index in [1.165, 1.54) is 16.8 Å². The molecule has 8 heteroatoms. The Kier molecular flexibility index (Phi) is 4.84. The van der Waals surface area contributed by atoms with Crippen molar-refractivity contribution in [1.82, 2.24) is 25.0 Å². The van der Waals surface area contributed by atoms with Crippen LogP contribution < -0.4 is 5.32 Å². The zero-order chi connectivity index (χ0) is 19.5. The minimum Gasteiger partial charge on any atom is -0.347 e. The van der Waals surface area contributed by atoms with Gasteiger partial charge in [-0.15, -0.1) is 0 Å². The fourth-order valence-corrected chi connectivity index (χ4v) is 3.11. The molecule has 1 aliphatic rings. The number of carbonyl (C=O) groups excluding carboxylic acids is 2. The van der Waals surface area contributed by atoms with Crippen LogP contribution >= 0.6 is 0 Å². The summed E-state index contributed by atoms with van der Waals surface area (Å²) in [7, 11) is 0. The summed E-state index contributed by atoms with van der Waals surface area (Å²) in [4.78, 5) is 30.7. The van der Waals surface area contributed by atoms with Gasteiger partial charge in [-0.1, -0.05) is 24.3 Å². The topological polar surface area (TPSA) is 80.1 Å². The van der Waals surface area contributed by atoms with Crippen molar-refractivity contribution < 1.29 is 14.0 Å². The third kappa shape index (κ3) is 3.62. The summed E-state index contributed by atoms with van der Waals surface area (Å²) in [6.45, 7) is 1.35. The minimum absolute atomic E-state index is 0.180. The van der Waals surface area contributed by atoms with Gasteiger partial charge in [0.1, 0.15) is 11.5 Å². The average molecular weight is 379 g/mol. The number of fused-ring (bicyclic) bond motifs is 1. The van der Waals surface area contributed by atoms with Crippen LogP contribution in [0.3, 0.4) is 0 Å². The van der Waals surface area contributed by atoms with Crippen LogP contribution in [0.4, 0.5) is 4.39 Å². The van der Waals surface area contributed by atoms with Crippen molar-refractivity contribution >= 4 is 11.8 Å². The molecule has 4 rings (SSSR count). The predicted molar refractivity (Wildman–Crippen MR) is 98.8 cm³/mol. The standard InChI is InChI=1S/C20H18FN5O2/c21-16-6-2-1-5-15(16)13-25-8-9-26-18(20(25)28)10-17(24-26)19(27)23-12-14-4-3-7-22-11-14/h1-7,10-11H,8-9,12-13H2,(H,23,27). The number of carbonyl (C=O) groups is 2. The van der Waals surface area contributed by atoms with Gasteiger partial charge in [-0.2, -0.15) is 5.10 Å². The van der Waals surface area contributed by atoms with Crippen molar-refractivity contribution in [1.29, 1.82) is 0 Å². The predicted octanol–water partition coefficient (Wildman–Crippen LogP) is 2.00. The van der Waals surface area contributed by atoms with Crippen LogP contribution in [0.15, 0.2) is 54.9 Å². The number of halogens is 1. The number of rotatable bonds is 5. The third-order valence-corrected chi connectivity index (χ3v) is 4.60. The van der Waals surface area contributed by atoms with Crippen molar-refractivity contribution in [2.24, 2.45) is 0 Å². The molecule has 0 saturated carbocycles. The molecule has 7 nitrogen and oxygen atoms in total. The second-order valence-electron chi connectivity index (χ2n) is 6.50. The first-order chi connectivity index (χ1) is 13.6. The van der Waals surface area contributed by atoms with Crippen LogP contribution in [0.25, 0.3) is 0 Å². The lowest BCUT2D eigenvalue weighted by atomic mass is 10.1. The van der Waals surface area contributed by atoms with Gasteiger partial charge < -0.3 is 10.2 Å². The number of benzene rings is 1. The highest BCUT2D eigenvalue weighted by Crippen LogP contribution is 2.18. The van der Waals surface area contributed by atoms with Gasteiger partial charge in [0.25, 0.3) is 11.8 Å². The highest BCUT2D eigenvalue weighted by Gasteiger charge is 2.28. The van der Waals surface area contributed by atoms with Crippen molar-refractivity contribution in [3.8, 4) is 0 Å². The second kappa shape index (κ2) is 7.59. The lowest BCUT2D eigenvalue weighted by Gasteiger charge is -2.27. The smallest absolute Gasteiger partial charge is 0.272 e. The lowest BCUT2D eigenvalue weighted by Crippen LogP contribution is -2.40. The summed E-state index contributed by atoms with van der Waals surface area (Å²) in [6, 6.07) is 11.5. The van der Waals surface area contributed by atoms with Crippen LogP contribution in [0.5, 0.6) is 0 Å². The molecule has 0 radical (unpaired) electrons. The second-order valence-corrected chi connectivity index (χ2v) is 6.50. The maximum atomic E-state index is 13.9. The zero-order valence-electron chi connectivity index (χ0n) is 15.0. The van der Waals surface area contributed by atoms with Gasteiger partial charge in [-0.3, -0.25) is 19.3 Å². The van der Waals surface area contributed by atoms with Gasteiger partial charge in [0, 0.05) is 43.7 Å². The number of nitrogens with zero attached hydrogens (tertiary/aromatic N) is 4. The molecule has 0 fully saturated rings. The molecule has 0 atom stereocenters. The Morgan fingerprint density at radius 2 is 2.04 bits per heavy atom. The van der Waals surface area contributed by atoms with E-state index in [2.05, 4.69) is 15.4 Å². The Morgan fingerprint density at radius 1 is 1.18 bits per heavy atom. The Hall–Kier alpha value is -3.55. The van der Waals surface area contributed by atoms with Gasteiger partial charge in [-0.05, 0) is 17.7 Å². The number of nitrogens with one attached hydrogen (secondary N) is 1. The number of hydrogen-bond acceptors (Lipinski definition) is 4. The maximum Gasteiger partial charge on any atom is 0.272 e. The van der Waals surface area contributed by atoms with Crippen molar-refractivity contribution in [2.75, 3.05) is 6.54 Å². The average Bonchev–Trinajstić information content (AvgIpc) is 3.16. The first kappa shape index (κ1) is 17.8. The summed E-state index contributed by atoms with van der Waals surface area (Å²) in [6.07, 6.45) is 3.33. The van der Waals surface area contributed by atoms with E-state index in [1.807, 2.05) is 6.07 Å². The quantitative estimate of drug-likeness (QED) is 0.735. The summed E-state index contributed by atoms with van der Waals surface area (Å²) in [5, 5.41) is 7.01. The molecule has 2 aromatic heterocycles. The molecule has 0 unspecified atom stereocenters. The Bertz CT molecular complexity index is 1020. The van der Waals surface area contributed by atoms with Gasteiger partial charge in [-0.25, -0.2) is 4.39 Å². The number of aromatic nitrogens is 3. The van der Waals surface area contributed by atoms with Gasteiger partial charge in [0.15, 0.2) is 5.69 Å². The van der Waals surface area contributed by atoms with Crippen LogP contribution in [0.2, 0.25) is 0 Å². The molecule has 0 spiro atoms. The molecule has 1 N–H and O–H groups in total. The largest absolute Gasteiger partial charge is 0.347 e. The normalized spacial score (nSPS) is 13.3. The molecule has 0 saturated heterocycles. The van der Waals surface area contributed by atoms with Gasteiger partial charge in [0.2, 0.25) is 0 Å². The van der Waals surface area contributed by atoms with Crippen molar-refractivity contribution in [3.63, 3.8) is 0 Å². The molecule has 3 heterocycles. The van der Waals surface area contributed by atoms with Gasteiger partial charge in [0.05, 0.1) is 6.54 Å². The Balaban J connectivity index is 1.45. The van der Waals surface area contributed by atoms with Crippen LogP contribution in [-0.4, -0.2) is 38.0 Å². The molecule has 1 aromatic carbocycles. The molecule has 2 amide bonds. The summed E-state index contributed by atoms with van der Waals surface area (Å²) in [5.74, 6) is -0.975. The first-order valence-corrected chi connectivity index (χ1v) is 8.89. The summed E-state index contributed by atoms with van der Waals surface area (Å²) in [5.41, 5.74) is 1.83. The van der Waals surface area contributed by atoms with E-state index < -0.39 is 0 Å². The zero-order valence-corrected chi connectivity index (χ0v) is 15.0. The van der Waals surface area contributed by atoms with Crippen LogP contribution in [-0.2, 0) is 19.6 Å². The Labute approximate surface area is 160 Å². The number of amides is 2. The van der Waals surface area contributed by atoms with E-state index in [-0.39, 0.29) is 29.9 Å². The summed E-state index contributed by atoms with van der Waals surface area (Å²) < 4.78 is 15.4. The molecular weight excluding hydrogens is 361 g/mol. The number of pyridine rings is 1. The lowest BCUT2D eigenvalue weighted by molar-refractivity contribution is 0.0681. The molecule has 28 heavy (non-hydrogen) atoms. The third-order valence-electron chi connectivity index (χ3n) is 4.60. The highest BCUT2D eigenvalue weighted by molar-refractivity contribution is 5.98. The molecule has 142 valence electrons. The van der Waals surface area contributed by atoms with E-state index >= 15 is 0 Å². The fourth-order valence-electron chi connectivity index (χ4n) is 3.11. The monoisotopic (exact) mass is 379 g/mol.